The summed E-state index contributed by atoms with van der Waals surface area (Å²) >= 11 is 0. The van der Waals surface area contributed by atoms with Gasteiger partial charge >= 0.3 is 0 Å². The highest BCUT2D eigenvalue weighted by Crippen LogP contribution is 2.21. The first-order chi connectivity index (χ1) is 8.06. The summed E-state index contributed by atoms with van der Waals surface area (Å²) in [5.41, 5.74) is 2.51. The number of hydrogen-bond donors (Lipinski definition) is 0. The highest BCUT2D eigenvalue weighted by Gasteiger charge is 2.05. The van der Waals surface area contributed by atoms with Crippen LogP contribution in [0.25, 0.3) is 11.1 Å². The SMILES string of the molecule is Cc1ccc(-c2cnn(CC(C)C)c2)cc1F. The Labute approximate surface area is 101 Å². The topological polar surface area (TPSA) is 17.8 Å². The molecule has 90 valence electrons. The summed E-state index contributed by atoms with van der Waals surface area (Å²) in [6.07, 6.45) is 3.75. The summed E-state index contributed by atoms with van der Waals surface area (Å²) in [6.45, 7) is 6.94. The van der Waals surface area contributed by atoms with Crippen LogP contribution in [0.3, 0.4) is 0 Å². The summed E-state index contributed by atoms with van der Waals surface area (Å²) in [5.74, 6) is 0.386. The van der Waals surface area contributed by atoms with E-state index in [1.54, 1.807) is 25.3 Å². The van der Waals surface area contributed by atoms with Crippen LogP contribution in [0.15, 0.2) is 30.6 Å². The predicted octanol–water partition coefficient (Wildman–Crippen LogP) is 3.65. The van der Waals surface area contributed by atoms with Gasteiger partial charge in [0.05, 0.1) is 6.20 Å². The Balaban J connectivity index is 2.27. The second-order valence-corrected chi connectivity index (χ2v) is 4.81. The molecule has 0 aliphatic carbocycles. The molecule has 2 rings (SSSR count). The van der Waals surface area contributed by atoms with Crippen molar-refractivity contribution in [3.8, 4) is 11.1 Å². The van der Waals surface area contributed by atoms with Crippen LogP contribution in [0.5, 0.6) is 0 Å². The van der Waals surface area contributed by atoms with E-state index in [0.29, 0.717) is 11.5 Å². The fraction of sp³-hybridized carbons (Fsp3) is 0.357. The van der Waals surface area contributed by atoms with Crippen LogP contribution >= 0.6 is 0 Å². The molecule has 0 N–H and O–H groups in total. The highest BCUT2D eigenvalue weighted by atomic mass is 19.1. The summed E-state index contributed by atoms with van der Waals surface area (Å²) in [5, 5.41) is 4.28. The van der Waals surface area contributed by atoms with Crippen LogP contribution in [0, 0.1) is 18.7 Å². The molecule has 0 aliphatic heterocycles. The first-order valence-corrected chi connectivity index (χ1v) is 5.85. The summed E-state index contributed by atoms with van der Waals surface area (Å²) < 4.78 is 15.4. The second-order valence-electron chi connectivity index (χ2n) is 4.81. The van der Waals surface area contributed by atoms with Crippen LogP contribution in [0.2, 0.25) is 0 Å². The molecule has 0 aliphatic rings. The quantitative estimate of drug-likeness (QED) is 0.789. The Morgan fingerprint density at radius 3 is 2.71 bits per heavy atom. The molecule has 0 saturated carbocycles. The number of hydrogen-bond acceptors (Lipinski definition) is 1. The molecule has 0 saturated heterocycles. The maximum Gasteiger partial charge on any atom is 0.126 e. The average Bonchev–Trinajstić information content (AvgIpc) is 2.69. The van der Waals surface area contributed by atoms with Crippen molar-refractivity contribution < 1.29 is 4.39 Å². The van der Waals surface area contributed by atoms with E-state index < -0.39 is 0 Å². The van der Waals surface area contributed by atoms with Crippen molar-refractivity contribution in [2.45, 2.75) is 27.3 Å². The predicted molar refractivity (Wildman–Crippen MR) is 67.2 cm³/mol. The van der Waals surface area contributed by atoms with E-state index in [2.05, 4.69) is 18.9 Å². The molecule has 1 heterocycles. The summed E-state index contributed by atoms with van der Waals surface area (Å²) in [7, 11) is 0. The molecule has 2 nitrogen and oxygen atoms in total. The summed E-state index contributed by atoms with van der Waals surface area (Å²) in [6, 6.07) is 5.28. The molecule has 2 aromatic rings. The van der Waals surface area contributed by atoms with Crippen LogP contribution in [0.4, 0.5) is 4.39 Å². The lowest BCUT2D eigenvalue weighted by atomic mass is 10.1. The van der Waals surface area contributed by atoms with E-state index in [1.165, 1.54) is 0 Å². The van der Waals surface area contributed by atoms with Gasteiger partial charge in [-0.15, -0.1) is 0 Å². The van der Waals surface area contributed by atoms with Gasteiger partial charge in [-0.3, -0.25) is 4.68 Å². The smallest absolute Gasteiger partial charge is 0.126 e. The normalized spacial score (nSPS) is 11.1. The summed E-state index contributed by atoms with van der Waals surface area (Å²) in [4.78, 5) is 0. The van der Waals surface area contributed by atoms with E-state index in [9.17, 15) is 4.39 Å². The lowest BCUT2D eigenvalue weighted by molar-refractivity contribution is 0.483. The molecule has 1 aromatic heterocycles. The Morgan fingerprint density at radius 2 is 2.06 bits per heavy atom. The molecule has 0 fully saturated rings. The maximum absolute atomic E-state index is 13.5. The van der Waals surface area contributed by atoms with Crippen LogP contribution in [-0.2, 0) is 6.54 Å². The number of halogens is 1. The van der Waals surface area contributed by atoms with Gasteiger partial charge in [0.25, 0.3) is 0 Å². The van der Waals surface area contributed by atoms with E-state index in [1.807, 2.05) is 16.9 Å². The van der Waals surface area contributed by atoms with Crippen molar-refractivity contribution in [2.24, 2.45) is 5.92 Å². The number of aromatic nitrogens is 2. The average molecular weight is 232 g/mol. The van der Waals surface area contributed by atoms with Crippen molar-refractivity contribution in [1.82, 2.24) is 9.78 Å². The standard InChI is InChI=1S/C14H17FN2/c1-10(2)8-17-9-13(7-16-17)12-5-4-11(3)14(15)6-12/h4-7,9-10H,8H2,1-3H3. The largest absolute Gasteiger partial charge is 0.272 e. The van der Waals surface area contributed by atoms with Gasteiger partial charge in [0, 0.05) is 18.3 Å². The van der Waals surface area contributed by atoms with Gasteiger partial charge in [0.1, 0.15) is 5.82 Å². The zero-order chi connectivity index (χ0) is 12.4. The Hall–Kier alpha value is -1.64. The van der Waals surface area contributed by atoms with Crippen molar-refractivity contribution in [2.75, 3.05) is 0 Å². The third-order valence-electron chi connectivity index (χ3n) is 2.69. The molecular formula is C14H17FN2. The molecule has 17 heavy (non-hydrogen) atoms. The first kappa shape index (κ1) is 11.8. The second kappa shape index (κ2) is 4.70. The van der Waals surface area contributed by atoms with E-state index in [4.69, 9.17) is 0 Å². The van der Waals surface area contributed by atoms with Gasteiger partial charge in [0.2, 0.25) is 0 Å². The molecule has 0 spiro atoms. The van der Waals surface area contributed by atoms with Crippen LogP contribution in [0.1, 0.15) is 19.4 Å². The molecule has 0 atom stereocenters. The van der Waals surface area contributed by atoms with Crippen molar-refractivity contribution in [3.63, 3.8) is 0 Å². The first-order valence-electron chi connectivity index (χ1n) is 5.85. The molecule has 0 bridgehead atoms. The van der Waals surface area contributed by atoms with Crippen molar-refractivity contribution >= 4 is 0 Å². The molecular weight excluding hydrogens is 215 g/mol. The molecule has 0 amide bonds. The Morgan fingerprint density at radius 1 is 1.29 bits per heavy atom. The zero-order valence-electron chi connectivity index (χ0n) is 10.4. The fourth-order valence-electron chi connectivity index (χ4n) is 1.76. The lowest BCUT2D eigenvalue weighted by Gasteiger charge is -2.03. The highest BCUT2D eigenvalue weighted by molar-refractivity contribution is 5.62. The Bertz CT molecular complexity index is 515. The van der Waals surface area contributed by atoms with Gasteiger partial charge in [-0.25, -0.2) is 4.39 Å². The maximum atomic E-state index is 13.5. The van der Waals surface area contributed by atoms with Crippen molar-refractivity contribution in [1.29, 1.82) is 0 Å². The van der Waals surface area contributed by atoms with Gasteiger partial charge < -0.3 is 0 Å². The number of rotatable bonds is 3. The molecule has 0 radical (unpaired) electrons. The van der Waals surface area contributed by atoms with Crippen LogP contribution in [-0.4, -0.2) is 9.78 Å². The minimum absolute atomic E-state index is 0.167. The molecule has 3 heteroatoms. The Kier molecular flexibility index (Phi) is 3.27. The van der Waals surface area contributed by atoms with Crippen molar-refractivity contribution in [3.05, 3.63) is 42.0 Å². The minimum atomic E-state index is -0.167. The fourth-order valence-corrected chi connectivity index (χ4v) is 1.76. The van der Waals surface area contributed by atoms with E-state index in [-0.39, 0.29) is 5.82 Å². The lowest BCUT2D eigenvalue weighted by Crippen LogP contribution is -2.03. The monoisotopic (exact) mass is 232 g/mol. The third-order valence-corrected chi connectivity index (χ3v) is 2.69. The van der Waals surface area contributed by atoms with Gasteiger partial charge in [-0.05, 0) is 30.0 Å². The number of benzene rings is 1. The van der Waals surface area contributed by atoms with E-state index >= 15 is 0 Å². The minimum Gasteiger partial charge on any atom is -0.272 e. The van der Waals surface area contributed by atoms with Gasteiger partial charge in [-0.2, -0.15) is 5.10 Å². The molecule has 0 unspecified atom stereocenters. The van der Waals surface area contributed by atoms with Gasteiger partial charge in [-0.1, -0.05) is 26.0 Å². The third kappa shape index (κ3) is 2.73. The van der Waals surface area contributed by atoms with E-state index in [0.717, 1.165) is 17.7 Å². The number of nitrogens with zero attached hydrogens (tertiary/aromatic N) is 2. The molecule has 1 aromatic carbocycles. The van der Waals surface area contributed by atoms with Crippen LogP contribution < -0.4 is 0 Å². The number of aryl methyl sites for hydroxylation is 1. The van der Waals surface area contributed by atoms with Gasteiger partial charge in [0.15, 0.2) is 0 Å². The zero-order valence-corrected chi connectivity index (χ0v) is 10.4.